The first-order chi connectivity index (χ1) is 11.1. The molecule has 0 amide bonds. The minimum Gasteiger partial charge on any atom is -0.507 e. The predicted octanol–water partition coefficient (Wildman–Crippen LogP) is 4.29. The number of hydrogen-bond acceptors (Lipinski definition) is 4. The van der Waals surface area contributed by atoms with E-state index < -0.39 is 0 Å². The predicted molar refractivity (Wildman–Crippen MR) is 99.0 cm³/mol. The quantitative estimate of drug-likeness (QED) is 0.807. The van der Waals surface area contributed by atoms with E-state index >= 15 is 0 Å². The third-order valence-electron chi connectivity index (χ3n) is 5.16. The Morgan fingerprint density at radius 3 is 2.71 bits per heavy atom. The van der Waals surface area contributed by atoms with E-state index in [0.717, 1.165) is 10.9 Å². The molecular weight excluding hydrogens is 326 g/mol. The van der Waals surface area contributed by atoms with Gasteiger partial charge in [-0.3, -0.25) is 0 Å². The number of phenolic OH excluding ortho intramolecular Hbond substituents is 1. The first kappa shape index (κ1) is 18.8. The summed E-state index contributed by atoms with van der Waals surface area (Å²) in [5.41, 5.74) is 1.67. The van der Waals surface area contributed by atoms with Gasteiger partial charge in [-0.2, -0.15) is 0 Å². The summed E-state index contributed by atoms with van der Waals surface area (Å²) in [5, 5.41) is 14.6. The van der Waals surface area contributed by atoms with Gasteiger partial charge < -0.3 is 14.8 Å². The summed E-state index contributed by atoms with van der Waals surface area (Å²) in [6.45, 7) is 4.60. The van der Waals surface area contributed by atoms with Gasteiger partial charge in [-0.15, -0.1) is 12.4 Å². The van der Waals surface area contributed by atoms with Crippen LogP contribution < -0.4 is 10.9 Å². The van der Waals surface area contributed by atoms with E-state index in [4.69, 9.17) is 4.42 Å². The molecule has 1 aliphatic carbocycles. The molecule has 3 rings (SSSR count). The van der Waals surface area contributed by atoms with Crippen molar-refractivity contribution in [3.05, 3.63) is 39.7 Å². The molecule has 0 aliphatic heterocycles. The average molecular weight is 352 g/mol. The monoisotopic (exact) mass is 351 g/mol. The van der Waals surface area contributed by atoms with Crippen molar-refractivity contribution in [1.82, 2.24) is 5.32 Å². The highest BCUT2D eigenvalue weighted by atomic mass is 35.5. The van der Waals surface area contributed by atoms with Crippen LogP contribution in [0.1, 0.15) is 50.2 Å². The van der Waals surface area contributed by atoms with Crippen molar-refractivity contribution in [2.75, 3.05) is 0 Å². The number of aryl methyl sites for hydroxylation is 1. The molecule has 1 heterocycles. The molecule has 1 aromatic heterocycles. The van der Waals surface area contributed by atoms with Crippen LogP contribution in [0.3, 0.4) is 0 Å². The molecule has 1 fully saturated rings. The zero-order valence-corrected chi connectivity index (χ0v) is 15.1. The molecule has 0 bridgehead atoms. The minimum atomic E-state index is -0.373. The van der Waals surface area contributed by atoms with E-state index in [1.807, 2.05) is 6.92 Å². The van der Waals surface area contributed by atoms with E-state index in [1.165, 1.54) is 38.2 Å². The SMILES string of the molecule is Cc1cc(=O)oc2c(CNC(C)C3CCCCC3)c(O)ccc12.Cl. The number of phenols is 1. The highest BCUT2D eigenvalue weighted by Crippen LogP contribution is 2.30. The van der Waals surface area contributed by atoms with Gasteiger partial charge in [0.25, 0.3) is 0 Å². The number of hydrogen-bond donors (Lipinski definition) is 2. The molecular formula is C19H26ClNO3. The zero-order chi connectivity index (χ0) is 16.4. The van der Waals surface area contributed by atoms with E-state index in [0.29, 0.717) is 29.7 Å². The van der Waals surface area contributed by atoms with Crippen molar-refractivity contribution >= 4 is 23.4 Å². The molecule has 24 heavy (non-hydrogen) atoms. The molecule has 4 nitrogen and oxygen atoms in total. The largest absolute Gasteiger partial charge is 0.507 e. The van der Waals surface area contributed by atoms with Gasteiger partial charge in [-0.05, 0) is 50.3 Å². The second kappa shape index (κ2) is 8.04. The molecule has 1 aromatic carbocycles. The third-order valence-corrected chi connectivity index (χ3v) is 5.16. The second-order valence-corrected chi connectivity index (χ2v) is 6.76. The molecule has 132 valence electrons. The van der Waals surface area contributed by atoms with Crippen LogP contribution in [-0.2, 0) is 6.54 Å². The Hall–Kier alpha value is -1.52. The molecule has 0 spiro atoms. The van der Waals surface area contributed by atoms with Crippen LogP contribution in [0.2, 0.25) is 0 Å². The van der Waals surface area contributed by atoms with Gasteiger partial charge >= 0.3 is 5.63 Å². The fourth-order valence-electron chi connectivity index (χ4n) is 3.66. The molecule has 1 unspecified atom stereocenters. The Labute approximate surface area is 148 Å². The topological polar surface area (TPSA) is 62.5 Å². The lowest BCUT2D eigenvalue weighted by atomic mass is 9.84. The summed E-state index contributed by atoms with van der Waals surface area (Å²) in [6.07, 6.45) is 6.50. The van der Waals surface area contributed by atoms with Crippen LogP contribution in [0.4, 0.5) is 0 Å². The van der Waals surface area contributed by atoms with Crippen molar-refractivity contribution in [2.45, 2.75) is 58.5 Å². The van der Waals surface area contributed by atoms with Crippen molar-refractivity contribution in [1.29, 1.82) is 0 Å². The van der Waals surface area contributed by atoms with E-state index in [-0.39, 0.29) is 23.8 Å². The summed E-state index contributed by atoms with van der Waals surface area (Å²) in [5.74, 6) is 0.865. The normalized spacial score (nSPS) is 16.8. The lowest BCUT2D eigenvalue weighted by Crippen LogP contribution is -2.34. The zero-order valence-electron chi connectivity index (χ0n) is 14.3. The first-order valence-electron chi connectivity index (χ1n) is 8.55. The first-order valence-corrected chi connectivity index (χ1v) is 8.55. The second-order valence-electron chi connectivity index (χ2n) is 6.76. The van der Waals surface area contributed by atoms with Crippen LogP contribution in [0, 0.1) is 12.8 Å². The van der Waals surface area contributed by atoms with Gasteiger partial charge in [0.15, 0.2) is 0 Å². The molecule has 2 aromatic rings. The Balaban J connectivity index is 0.00000208. The molecule has 5 heteroatoms. The average Bonchev–Trinajstić information content (AvgIpc) is 2.54. The van der Waals surface area contributed by atoms with Crippen LogP contribution in [0.25, 0.3) is 11.0 Å². The molecule has 0 radical (unpaired) electrons. The van der Waals surface area contributed by atoms with E-state index in [2.05, 4.69) is 12.2 Å². The summed E-state index contributed by atoms with van der Waals surface area (Å²) < 4.78 is 5.38. The van der Waals surface area contributed by atoms with Gasteiger partial charge in [-0.25, -0.2) is 4.79 Å². The minimum absolute atomic E-state index is 0. The molecule has 1 atom stereocenters. The Kier molecular flexibility index (Phi) is 6.30. The fourth-order valence-corrected chi connectivity index (χ4v) is 3.66. The highest BCUT2D eigenvalue weighted by molar-refractivity contribution is 5.85. The molecule has 0 saturated heterocycles. The number of fused-ring (bicyclic) bond motifs is 1. The lowest BCUT2D eigenvalue weighted by molar-refractivity contribution is 0.280. The molecule has 2 N–H and O–H groups in total. The maximum atomic E-state index is 11.7. The van der Waals surface area contributed by atoms with Crippen molar-refractivity contribution in [3.63, 3.8) is 0 Å². The maximum absolute atomic E-state index is 11.7. The molecule has 1 saturated carbocycles. The fraction of sp³-hybridized carbons (Fsp3) is 0.526. The summed E-state index contributed by atoms with van der Waals surface area (Å²) >= 11 is 0. The number of aromatic hydroxyl groups is 1. The Morgan fingerprint density at radius 2 is 2.00 bits per heavy atom. The van der Waals surface area contributed by atoms with Crippen molar-refractivity contribution < 1.29 is 9.52 Å². The van der Waals surface area contributed by atoms with Crippen LogP contribution in [0.15, 0.2) is 27.4 Å². The standard InChI is InChI=1S/C19H25NO3.ClH/c1-12-10-18(22)23-19-15(12)8-9-17(21)16(19)11-20-13(2)14-6-4-3-5-7-14;/h8-10,13-14,20-21H,3-7,11H2,1-2H3;1H. The van der Waals surface area contributed by atoms with Gasteiger partial charge in [-0.1, -0.05) is 19.3 Å². The Morgan fingerprint density at radius 1 is 1.29 bits per heavy atom. The number of rotatable bonds is 4. The van der Waals surface area contributed by atoms with Crippen molar-refractivity contribution in [3.8, 4) is 5.75 Å². The number of benzene rings is 1. The number of halogens is 1. The summed E-state index contributed by atoms with van der Waals surface area (Å²) in [7, 11) is 0. The summed E-state index contributed by atoms with van der Waals surface area (Å²) in [4.78, 5) is 11.7. The van der Waals surface area contributed by atoms with Gasteiger partial charge in [0.05, 0.1) is 5.56 Å². The maximum Gasteiger partial charge on any atom is 0.336 e. The van der Waals surface area contributed by atoms with Crippen molar-refractivity contribution in [2.24, 2.45) is 5.92 Å². The van der Waals surface area contributed by atoms with Crippen LogP contribution in [0.5, 0.6) is 5.75 Å². The molecule has 1 aliphatic rings. The lowest BCUT2D eigenvalue weighted by Gasteiger charge is -2.28. The number of nitrogens with one attached hydrogen (secondary N) is 1. The van der Waals surface area contributed by atoms with E-state index in [9.17, 15) is 9.90 Å². The van der Waals surface area contributed by atoms with Gasteiger partial charge in [0, 0.05) is 24.0 Å². The summed E-state index contributed by atoms with van der Waals surface area (Å²) in [6, 6.07) is 5.36. The smallest absolute Gasteiger partial charge is 0.336 e. The highest BCUT2D eigenvalue weighted by Gasteiger charge is 2.20. The van der Waals surface area contributed by atoms with Crippen LogP contribution >= 0.6 is 12.4 Å². The third kappa shape index (κ3) is 3.93. The van der Waals surface area contributed by atoms with E-state index in [1.54, 1.807) is 12.1 Å². The Bertz CT molecular complexity index is 750. The van der Waals surface area contributed by atoms with Crippen LogP contribution in [-0.4, -0.2) is 11.1 Å². The van der Waals surface area contributed by atoms with Gasteiger partial charge in [0.1, 0.15) is 11.3 Å². The van der Waals surface area contributed by atoms with Gasteiger partial charge in [0.2, 0.25) is 0 Å².